The molecule has 1 amide bonds. The number of nitrogens with two attached hydrogens (primary N) is 2. The SMILES string of the molecule is NC(=O)c1ccc(N)c(NC2CCCCCC2)n1. The summed E-state index contributed by atoms with van der Waals surface area (Å²) in [5.41, 5.74) is 11.9. The molecule has 5 heteroatoms. The lowest BCUT2D eigenvalue weighted by atomic mass is 10.1. The topological polar surface area (TPSA) is 94.0 Å². The van der Waals surface area contributed by atoms with Gasteiger partial charge in [0, 0.05) is 6.04 Å². The van der Waals surface area contributed by atoms with Crippen molar-refractivity contribution in [3.63, 3.8) is 0 Å². The van der Waals surface area contributed by atoms with Crippen LogP contribution in [0.2, 0.25) is 0 Å². The highest BCUT2D eigenvalue weighted by atomic mass is 16.1. The lowest BCUT2D eigenvalue weighted by Crippen LogP contribution is -2.21. The van der Waals surface area contributed by atoms with Crippen LogP contribution in [0.5, 0.6) is 0 Å². The molecule has 0 aromatic carbocycles. The summed E-state index contributed by atoms with van der Waals surface area (Å²) in [6.45, 7) is 0. The quantitative estimate of drug-likeness (QED) is 0.712. The van der Waals surface area contributed by atoms with Crippen LogP contribution in [0.3, 0.4) is 0 Å². The van der Waals surface area contributed by atoms with Crippen molar-refractivity contribution in [3.8, 4) is 0 Å². The zero-order chi connectivity index (χ0) is 13.0. The number of nitrogen functional groups attached to an aromatic ring is 1. The van der Waals surface area contributed by atoms with Crippen molar-refractivity contribution >= 4 is 17.4 Å². The Morgan fingerprint density at radius 3 is 2.50 bits per heavy atom. The summed E-state index contributed by atoms with van der Waals surface area (Å²) in [6.07, 6.45) is 7.30. The summed E-state index contributed by atoms with van der Waals surface area (Å²) in [5.74, 6) is 0.0529. The molecule has 1 saturated carbocycles. The maximum atomic E-state index is 11.1. The summed E-state index contributed by atoms with van der Waals surface area (Å²) in [5, 5.41) is 3.34. The highest BCUT2D eigenvalue weighted by Crippen LogP contribution is 2.23. The van der Waals surface area contributed by atoms with Crippen molar-refractivity contribution in [2.24, 2.45) is 5.73 Å². The van der Waals surface area contributed by atoms with Gasteiger partial charge in [-0.25, -0.2) is 4.98 Å². The molecule has 1 aliphatic rings. The highest BCUT2D eigenvalue weighted by molar-refractivity contribution is 5.91. The molecule has 0 saturated heterocycles. The number of hydrogen-bond donors (Lipinski definition) is 3. The Kier molecular flexibility index (Phi) is 4.02. The number of rotatable bonds is 3. The summed E-state index contributed by atoms with van der Waals surface area (Å²) in [7, 11) is 0. The minimum atomic E-state index is -0.529. The van der Waals surface area contributed by atoms with E-state index in [0.717, 1.165) is 12.8 Å². The number of hydrogen-bond acceptors (Lipinski definition) is 4. The van der Waals surface area contributed by atoms with Gasteiger partial charge in [0.05, 0.1) is 5.69 Å². The number of nitrogens with zero attached hydrogens (tertiary/aromatic N) is 1. The van der Waals surface area contributed by atoms with Gasteiger partial charge in [0.15, 0.2) is 0 Å². The molecule has 0 atom stereocenters. The lowest BCUT2D eigenvalue weighted by molar-refractivity contribution is 0.0995. The fourth-order valence-electron chi connectivity index (χ4n) is 2.34. The van der Waals surface area contributed by atoms with Gasteiger partial charge in [0.1, 0.15) is 11.5 Å². The molecule has 2 rings (SSSR count). The van der Waals surface area contributed by atoms with E-state index in [4.69, 9.17) is 11.5 Å². The second-order valence-corrected chi connectivity index (χ2v) is 4.83. The van der Waals surface area contributed by atoms with Crippen LogP contribution >= 0.6 is 0 Å². The fraction of sp³-hybridized carbons (Fsp3) is 0.538. The molecule has 98 valence electrons. The second-order valence-electron chi connectivity index (χ2n) is 4.83. The van der Waals surface area contributed by atoms with E-state index in [9.17, 15) is 4.79 Å². The third kappa shape index (κ3) is 3.12. The molecule has 0 bridgehead atoms. The van der Waals surface area contributed by atoms with Gasteiger partial charge in [-0.2, -0.15) is 0 Å². The van der Waals surface area contributed by atoms with Gasteiger partial charge < -0.3 is 16.8 Å². The molecular formula is C13H20N4O. The maximum absolute atomic E-state index is 11.1. The first kappa shape index (κ1) is 12.7. The predicted octanol–water partition coefficient (Wildman–Crippen LogP) is 1.90. The van der Waals surface area contributed by atoms with Crippen molar-refractivity contribution in [1.82, 2.24) is 4.98 Å². The molecule has 18 heavy (non-hydrogen) atoms. The monoisotopic (exact) mass is 248 g/mol. The standard InChI is InChI=1S/C13H20N4O/c14-10-7-8-11(12(15)18)17-13(10)16-9-5-3-1-2-4-6-9/h7-9H,1-6,14H2,(H2,15,18)(H,16,17). The second kappa shape index (κ2) is 5.71. The number of pyridine rings is 1. The van der Waals surface area contributed by atoms with Crippen LogP contribution < -0.4 is 16.8 Å². The van der Waals surface area contributed by atoms with E-state index in [0.29, 0.717) is 17.5 Å². The zero-order valence-corrected chi connectivity index (χ0v) is 10.5. The van der Waals surface area contributed by atoms with Crippen molar-refractivity contribution in [1.29, 1.82) is 0 Å². The molecular weight excluding hydrogens is 228 g/mol. The normalized spacial score (nSPS) is 17.1. The minimum Gasteiger partial charge on any atom is -0.396 e. The first-order chi connectivity index (χ1) is 8.66. The van der Waals surface area contributed by atoms with Crippen LogP contribution in [-0.2, 0) is 0 Å². The number of anilines is 2. The third-order valence-corrected chi connectivity index (χ3v) is 3.37. The average Bonchev–Trinajstić information content (AvgIpc) is 2.60. The Morgan fingerprint density at radius 2 is 1.89 bits per heavy atom. The van der Waals surface area contributed by atoms with Crippen LogP contribution in [0.25, 0.3) is 0 Å². The summed E-state index contributed by atoms with van der Waals surface area (Å²) < 4.78 is 0. The fourth-order valence-corrected chi connectivity index (χ4v) is 2.34. The maximum Gasteiger partial charge on any atom is 0.267 e. The van der Waals surface area contributed by atoms with Crippen LogP contribution in [-0.4, -0.2) is 16.9 Å². The Balaban J connectivity index is 2.11. The summed E-state index contributed by atoms with van der Waals surface area (Å²) in [4.78, 5) is 15.3. The van der Waals surface area contributed by atoms with E-state index in [-0.39, 0.29) is 5.69 Å². The molecule has 1 fully saturated rings. The number of carbonyl (C=O) groups is 1. The molecule has 0 unspecified atom stereocenters. The highest BCUT2D eigenvalue weighted by Gasteiger charge is 2.14. The van der Waals surface area contributed by atoms with Crippen molar-refractivity contribution in [3.05, 3.63) is 17.8 Å². The van der Waals surface area contributed by atoms with Crippen LogP contribution in [0.15, 0.2) is 12.1 Å². The summed E-state index contributed by atoms with van der Waals surface area (Å²) >= 11 is 0. The van der Waals surface area contributed by atoms with E-state index >= 15 is 0 Å². The third-order valence-electron chi connectivity index (χ3n) is 3.37. The van der Waals surface area contributed by atoms with Crippen LogP contribution in [0.4, 0.5) is 11.5 Å². The van der Waals surface area contributed by atoms with E-state index in [2.05, 4.69) is 10.3 Å². The van der Waals surface area contributed by atoms with Crippen molar-refractivity contribution in [2.75, 3.05) is 11.1 Å². The van der Waals surface area contributed by atoms with Gasteiger partial charge in [-0.15, -0.1) is 0 Å². The number of nitrogens with one attached hydrogen (secondary N) is 1. The first-order valence-electron chi connectivity index (χ1n) is 6.49. The number of carbonyl (C=O) groups excluding carboxylic acids is 1. The van der Waals surface area contributed by atoms with Crippen LogP contribution in [0.1, 0.15) is 49.0 Å². The summed E-state index contributed by atoms with van der Waals surface area (Å²) in [6, 6.07) is 3.62. The Labute approximate surface area is 107 Å². The lowest BCUT2D eigenvalue weighted by Gasteiger charge is -2.18. The smallest absolute Gasteiger partial charge is 0.267 e. The predicted molar refractivity (Wildman–Crippen MR) is 72.3 cm³/mol. The minimum absolute atomic E-state index is 0.250. The Bertz CT molecular complexity index is 425. The molecule has 5 N–H and O–H groups in total. The Morgan fingerprint density at radius 1 is 1.22 bits per heavy atom. The largest absolute Gasteiger partial charge is 0.396 e. The van der Waals surface area contributed by atoms with Gasteiger partial charge in [0.25, 0.3) is 5.91 Å². The molecule has 1 aromatic rings. The molecule has 0 radical (unpaired) electrons. The number of amides is 1. The molecule has 1 aliphatic carbocycles. The Hall–Kier alpha value is -1.78. The van der Waals surface area contributed by atoms with Crippen molar-refractivity contribution in [2.45, 2.75) is 44.6 Å². The van der Waals surface area contributed by atoms with Crippen LogP contribution in [0, 0.1) is 0 Å². The molecule has 1 heterocycles. The molecule has 0 spiro atoms. The number of primary amides is 1. The molecule has 0 aliphatic heterocycles. The average molecular weight is 248 g/mol. The molecule has 1 aromatic heterocycles. The van der Waals surface area contributed by atoms with Gasteiger partial charge in [-0.3, -0.25) is 4.79 Å². The number of aromatic nitrogens is 1. The molecule has 5 nitrogen and oxygen atoms in total. The first-order valence-corrected chi connectivity index (χ1v) is 6.49. The van der Waals surface area contributed by atoms with E-state index in [1.807, 2.05) is 0 Å². The van der Waals surface area contributed by atoms with Gasteiger partial charge in [-0.1, -0.05) is 25.7 Å². The van der Waals surface area contributed by atoms with E-state index in [1.54, 1.807) is 12.1 Å². The van der Waals surface area contributed by atoms with E-state index in [1.165, 1.54) is 25.7 Å². The van der Waals surface area contributed by atoms with Gasteiger partial charge in [0.2, 0.25) is 0 Å². The van der Waals surface area contributed by atoms with Gasteiger partial charge >= 0.3 is 0 Å². The van der Waals surface area contributed by atoms with Gasteiger partial charge in [-0.05, 0) is 25.0 Å². The van der Waals surface area contributed by atoms with E-state index < -0.39 is 5.91 Å². The van der Waals surface area contributed by atoms with Crippen molar-refractivity contribution < 1.29 is 4.79 Å². The zero-order valence-electron chi connectivity index (χ0n) is 10.5.